The van der Waals surface area contributed by atoms with Gasteiger partial charge in [-0.1, -0.05) is 51.1 Å². The number of carbonyl (C=O) groups excluding carboxylic acids is 1. The average Bonchev–Trinajstić information content (AvgIpc) is 2.60. The summed E-state index contributed by atoms with van der Waals surface area (Å²) in [6.07, 6.45) is 1.61. The zero-order valence-corrected chi connectivity index (χ0v) is 10.9. The van der Waals surface area contributed by atoms with Crippen LogP contribution in [0.1, 0.15) is 32.8 Å². The van der Waals surface area contributed by atoms with Crippen molar-refractivity contribution in [2.75, 3.05) is 0 Å². The van der Waals surface area contributed by atoms with Gasteiger partial charge in [-0.05, 0) is 23.3 Å². The summed E-state index contributed by atoms with van der Waals surface area (Å²) in [4.78, 5) is 11.6. The highest BCUT2D eigenvalue weighted by molar-refractivity contribution is 5.79. The van der Waals surface area contributed by atoms with E-state index in [0.29, 0.717) is 12.3 Å². The molecule has 0 aromatic heterocycles. The van der Waals surface area contributed by atoms with E-state index in [-0.39, 0.29) is 17.4 Å². The molecule has 1 aromatic carbocycles. The maximum Gasteiger partial charge on any atom is 0.220 e. The summed E-state index contributed by atoms with van der Waals surface area (Å²) in [6.45, 7) is 6.65. The lowest BCUT2D eigenvalue weighted by atomic mass is 9.75. The molecular formula is C15H21NO. The molecule has 1 heterocycles. The van der Waals surface area contributed by atoms with Gasteiger partial charge in [-0.3, -0.25) is 4.79 Å². The molecule has 2 heteroatoms. The summed E-state index contributed by atoms with van der Waals surface area (Å²) in [6, 6.07) is 10.7. The van der Waals surface area contributed by atoms with Crippen LogP contribution in [0.5, 0.6) is 0 Å². The number of hydrogen-bond donors (Lipinski definition) is 1. The van der Waals surface area contributed by atoms with Crippen molar-refractivity contribution in [3.8, 4) is 0 Å². The van der Waals surface area contributed by atoms with Gasteiger partial charge in [0, 0.05) is 12.5 Å². The Hall–Kier alpha value is -1.31. The van der Waals surface area contributed by atoms with Gasteiger partial charge in [-0.2, -0.15) is 0 Å². The molecule has 2 unspecified atom stereocenters. The minimum atomic E-state index is 0.179. The monoisotopic (exact) mass is 231 g/mol. The summed E-state index contributed by atoms with van der Waals surface area (Å²) < 4.78 is 0. The molecule has 0 spiro atoms. The largest absolute Gasteiger partial charge is 0.353 e. The molecule has 0 aliphatic carbocycles. The molecule has 1 aromatic rings. The first-order chi connectivity index (χ1) is 7.97. The smallest absolute Gasteiger partial charge is 0.220 e. The summed E-state index contributed by atoms with van der Waals surface area (Å²) in [5.74, 6) is 0.626. The first-order valence-electron chi connectivity index (χ1n) is 6.30. The van der Waals surface area contributed by atoms with E-state index in [9.17, 15) is 4.79 Å². The summed E-state index contributed by atoms with van der Waals surface area (Å²) in [5, 5.41) is 3.12. The van der Waals surface area contributed by atoms with Gasteiger partial charge < -0.3 is 5.32 Å². The van der Waals surface area contributed by atoms with Crippen molar-refractivity contribution in [2.45, 2.75) is 39.7 Å². The van der Waals surface area contributed by atoms with Crippen molar-refractivity contribution in [3.05, 3.63) is 35.9 Å². The lowest BCUT2D eigenvalue weighted by Gasteiger charge is -2.31. The Morgan fingerprint density at radius 2 is 1.88 bits per heavy atom. The zero-order chi connectivity index (χ0) is 12.5. The Morgan fingerprint density at radius 1 is 1.24 bits per heavy atom. The van der Waals surface area contributed by atoms with Crippen LogP contribution in [0, 0.1) is 11.3 Å². The molecule has 2 atom stereocenters. The molecule has 1 aliphatic heterocycles. The predicted molar refractivity (Wildman–Crippen MR) is 69.6 cm³/mol. The number of nitrogens with one attached hydrogen (secondary N) is 1. The average molecular weight is 231 g/mol. The molecular weight excluding hydrogens is 210 g/mol. The maximum absolute atomic E-state index is 11.6. The van der Waals surface area contributed by atoms with Crippen LogP contribution in [0.25, 0.3) is 0 Å². The highest BCUT2D eigenvalue weighted by atomic mass is 16.2. The third-order valence-corrected chi connectivity index (χ3v) is 3.65. The van der Waals surface area contributed by atoms with Gasteiger partial charge >= 0.3 is 0 Å². The van der Waals surface area contributed by atoms with Crippen LogP contribution in [0.15, 0.2) is 30.3 Å². The molecule has 1 saturated heterocycles. The SMILES string of the molecule is CC(C)(C)C1CC(=O)NC1Cc1ccccc1. The van der Waals surface area contributed by atoms with Crippen LogP contribution in [0.3, 0.4) is 0 Å². The first-order valence-corrected chi connectivity index (χ1v) is 6.30. The van der Waals surface area contributed by atoms with Crippen LogP contribution < -0.4 is 5.32 Å². The van der Waals surface area contributed by atoms with Gasteiger partial charge in [0.15, 0.2) is 0 Å². The van der Waals surface area contributed by atoms with E-state index in [4.69, 9.17) is 0 Å². The van der Waals surface area contributed by atoms with Crippen LogP contribution in [-0.2, 0) is 11.2 Å². The van der Waals surface area contributed by atoms with Crippen molar-refractivity contribution in [1.82, 2.24) is 5.32 Å². The minimum Gasteiger partial charge on any atom is -0.353 e. The number of amides is 1. The van der Waals surface area contributed by atoms with Crippen molar-refractivity contribution in [2.24, 2.45) is 11.3 Å². The van der Waals surface area contributed by atoms with E-state index < -0.39 is 0 Å². The molecule has 2 nitrogen and oxygen atoms in total. The van der Waals surface area contributed by atoms with Crippen LogP contribution in [-0.4, -0.2) is 11.9 Å². The summed E-state index contributed by atoms with van der Waals surface area (Å²) in [5.41, 5.74) is 1.48. The van der Waals surface area contributed by atoms with E-state index >= 15 is 0 Å². The fraction of sp³-hybridized carbons (Fsp3) is 0.533. The third-order valence-electron chi connectivity index (χ3n) is 3.65. The summed E-state index contributed by atoms with van der Waals surface area (Å²) >= 11 is 0. The Labute approximate surface area is 103 Å². The number of carbonyl (C=O) groups is 1. The van der Waals surface area contributed by atoms with E-state index in [1.54, 1.807) is 0 Å². The molecule has 2 rings (SSSR count). The Kier molecular flexibility index (Phi) is 3.23. The summed E-state index contributed by atoms with van der Waals surface area (Å²) in [7, 11) is 0. The molecule has 0 saturated carbocycles. The van der Waals surface area contributed by atoms with E-state index in [0.717, 1.165) is 6.42 Å². The number of rotatable bonds is 2. The van der Waals surface area contributed by atoms with Crippen molar-refractivity contribution in [3.63, 3.8) is 0 Å². The minimum absolute atomic E-state index is 0.179. The number of hydrogen-bond acceptors (Lipinski definition) is 1. The van der Waals surface area contributed by atoms with E-state index in [1.165, 1.54) is 5.56 Å². The zero-order valence-electron chi connectivity index (χ0n) is 10.9. The fourth-order valence-corrected chi connectivity index (χ4v) is 2.68. The van der Waals surface area contributed by atoms with Crippen LogP contribution in [0.2, 0.25) is 0 Å². The van der Waals surface area contributed by atoms with Gasteiger partial charge in [0.2, 0.25) is 5.91 Å². The van der Waals surface area contributed by atoms with Gasteiger partial charge in [-0.25, -0.2) is 0 Å². The van der Waals surface area contributed by atoms with Crippen LogP contribution >= 0.6 is 0 Å². The van der Waals surface area contributed by atoms with E-state index in [1.807, 2.05) is 6.07 Å². The Morgan fingerprint density at radius 3 is 2.47 bits per heavy atom. The van der Waals surface area contributed by atoms with Crippen molar-refractivity contribution in [1.29, 1.82) is 0 Å². The van der Waals surface area contributed by atoms with Gasteiger partial charge in [0.25, 0.3) is 0 Å². The topological polar surface area (TPSA) is 29.1 Å². The van der Waals surface area contributed by atoms with Gasteiger partial charge in [0.05, 0.1) is 0 Å². The maximum atomic E-state index is 11.6. The first kappa shape index (κ1) is 12.2. The van der Waals surface area contributed by atoms with Crippen LogP contribution in [0.4, 0.5) is 0 Å². The second-order valence-electron chi connectivity index (χ2n) is 6.04. The molecule has 0 bridgehead atoms. The van der Waals surface area contributed by atoms with Crippen molar-refractivity contribution < 1.29 is 4.79 Å². The quantitative estimate of drug-likeness (QED) is 0.833. The Balaban J connectivity index is 2.12. The molecule has 1 fully saturated rings. The second-order valence-corrected chi connectivity index (χ2v) is 6.04. The fourth-order valence-electron chi connectivity index (χ4n) is 2.68. The molecule has 17 heavy (non-hydrogen) atoms. The van der Waals surface area contributed by atoms with Gasteiger partial charge in [0.1, 0.15) is 0 Å². The highest BCUT2D eigenvalue weighted by Gasteiger charge is 2.39. The molecule has 92 valence electrons. The normalized spacial score (nSPS) is 24.8. The molecule has 1 amide bonds. The standard InChI is InChI=1S/C15H21NO/c1-15(2,3)12-10-14(17)16-13(12)9-11-7-5-4-6-8-11/h4-8,12-13H,9-10H2,1-3H3,(H,16,17). The predicted octanol–water partition coefficient (Wildman–Crippen LogP) is 2.78. The molecule has 1 aliphatic rings. The molecule has 0 radical (unpaired) electrons. The highest BCUT2D eigenvalue weighted by Crippen LogP contribution is 2.36. The Bertz CT molecular complexity index is 391. The van der Waals surface area contributed by atoms with Gasteiger partial charge in [-0.15, -0.1) is 0 Å². The molecule has 1 N–H and O–H groups in total. The second kappa shape index (κ2) is 4.52. The lowest BCUT2D eigenvalue weighted by Crippen LogP contribution is -2.36. The van der Waals surface area contributed by atoms with E-state index in [2.05, 4.69) is 50.4 Å². The lowest BCUT2D eigenvalue weighted by molar-refractivity contribution is -0.119. The number of benzene rings is 1. The van der Waals surface area contributed by atoms with Crippen molar-refractivity contribution >= 4 is 5.91 Å². The third kappa shape index (κ3) is 2.87.